The minimum atomic E-state index is 0.253. The van der Waals surface area contributed by atoms with Gasteiger partial charge in [-0.25, -0.2) is 0 Å². The molecule has 0 aliphatic heterocycles. The second-order valence-electron chi connectivity index (χ2n) is 5.04. The van der Waals surface area contributed by atoms with Crippen molar-refractivity contribution >= 4 is 11.6 Å². The van der Waals surface area contributed by atoms with Crippen LogP contribution in [0, 0.1) is 0 Å². The van der Waals surface area contributed by atoms with Crippen LogP contribution in [0.3, 0.4) is 0 Å². The summed E-state index contributed by atoms with van der Waals surface area (Å²) >= 11 is 6.00. The third kappa shape index (κ3) is 3.82. The van der Waals surface area contributed by atoms with Gasteiger partial charge in [0, 0.05) is 29.8 Å². The first-order valence-corrected chi connectivity index (χ1v) is 6.97. The Morgan fingerprint density at radius 1 is 1.26 bits per heavy atom. The van der Waals surface area contributed by atoms with Crippen molar-refractivity contribution in [3.63, 3.8) is 0 Å². The highest BCUT2D eigenvalue weighted by molar-refractivity contribution is 6.30. The normalized spacial score (nSPS) is 12.9. The topological polar surface area (TPSA) is 29.9 Å². The van der Waals surface area contributed by atoms with Gasteiger partial charge in [-0.3, -0.25) is 4.68 Å². The van der Waals surface area contributed by atoms with E-state index in [1.165, 1.54) is 5.56 Å². The summed E-state index contributed by atoms with van der Waals surface area (Å²) in [6, 6.07) is 10.6. The first kappa shape index (κ1) is 14.1. The molecule has 0 aliphatic carbocycles. The molecular formula is C15H20ClN3. The van der Waals surface area contributed by atoms with E-state index in [1.54, 1.807) is 0 Å². The van der Waals surface area contributed by atoms with Crippen molar-refractivity contribution in [3.05, 3.63) is 52.8 Å². The van der Waals surface area contributed by atoms with Gasteiger partial charge in [0.15, 0.2) is 0 Å². The van der Waals surface area contributed by atoms with Gasteiger partial charge >= 0.3 is 0 Å². The molecule has 1 atom stereocenters. The molecule has 0 bridgehead atoms. The van der Waals surface area contributed by atoms with Gasteiger partial charge in [-0.15, -0.1) is 0 Å². The first-order valence-electron chi connectivity index (χ1n) is 6.59. The predicted molar refractivity (Wildman–Crippen MR) is 79.3 cm³/mol. The van der Waals surface area contributed by atoms with E-state index in [0.717, 1.165) is 17.3 Å². The zero-order valence-electron chi connectivity index (χ0n) is 11.6. The highest BCUT2D eigenvalue weighted by Crippen LogP contribution is 2.17. The molecule has 102 valence electrons. The van der Waals surface area contributed by atoms with Crippen molar-refractivity contribution in [1.29, 1.82) is 0 Å². The molecule has 0 saturated carbocycles. The zero-order chi connectivity index (χ0) is 13.8. The Balaban J connectivity index is 1.94. The summed E-state index contributed by atoms with van der Waals surface area (Å²) in [6.07, 6.45) is 2.02. The van der Waals surface area contributed by atoms with E-state index >= 15 is 0 Å². The first-order chi connectivity index (χ1) is 9.06. The maximum Gasteiger partial charge on any atom is 0.0762 e. The van der Waals surface area contributed by atoms with Gasteiger partial charge in [0.2, 0.25) is 0 Å². The number of halogens is 1. The van der Waals surface area contributed by atoms with Crippen LogP contribution in [0.4, 0.5) is 0 Å². The van der Waals surface area contributed by atoms with E-state index in [9.17, 15) is 0 Å². The van der Waals surface area contributed by atoms with E-state index < -0.39 is 0 Å². The van der Waals surface area contributed by atoms with Crippen molar-refractivity contribution in [2.24, 2.45) is 0 Å². The van der Waals surface area contributed by atoms with Crippen molar-refractivity contribution in [2.45, 2.75) is 39.4 Å². The Bertz CT molecular complexity index is 534. The van der Waals surface area contributed by atoms with Crippen LogP contribution in [0.25, 0.3) is 0 Å². The molecular weight excluding hydrogens is 258 g/mol. The van der Waals surface area contributed by atoms with Crippen LogP contribution in [-0.2, 0) is 6.54 Å². The second kappa shape index (κ2) is 6.22. The van der Waals surface area contributed by atoms with Crippen LogP contribution in [-0.4, -0.2) is 9.78 Å². The Morgan fingerprint density at radius 3 is 2.68 bits per heavy atom. The van der Waals surface area contributed by atoms with Crippen LogP contribution in [0.15, 0.2) is 36.5 Å². The van der Waals surface area contributed by atoms with Gasteiger partial charge < -0.3 is 5.32 Å². The van der Waals surface area contributed by atoms with Gasteiger partial charge in [0.25, 0.3) is 0 Å². The quantitative estimate of drug-likeness (QED) is 0.896. The lowest BCUT2D eigenvalue weighted by Gasteiger charge is -2.13. The summed E-state index contributed by atoms with van der Waals surface area (Å²) in [5, 5.41) is 8.75. The number of hydrogen-bond acceptors (Lipinski definition) is 2. The molecule has 2 aromatic rings. The summed E-state index contributed by atoms with van der Waals surface area (Å²) in [5.74, 6) is 0. The number of nitrogens with zero attached hydrogens (tertiary/aromatic N) is 2. The minimum Gasteiger partial charge on any atom is -0.304 e. The zero-order valence-corrected chi connectivity index (χ0v) is 12.4. The third-order valence-electron chi connectivity index (χ3n) is 3.13. The van der Waals surface area contributed by atoms with Crippen molar-refractivity contribution in [1.82, 2.24) is 15.1 Å². The highest BCUT2D eigenvalue weighted by Gasteiger charge is 2.07. The smallest absolute Gasteiger partial charge is 0.0762 e. The Labute approximate surface area is 119 Å². The number of rotatable bonds is 5. The molecule has 4 heteroatoms. The third-order valence-corrected chi connectivity index (χ3v) is 3.37. The lowest BCUT2D eigenvalue weighted by molar-refractivity contribution is 0.512. The van der Waals surface area contributed by atoms with Crippen LogP contribution in [0.1, 0.15) is 44.1 Å². The van der Waals surface area contributed by atoms with Crippen molar-refractivity contribution in [3.8, 4) is 0 Å². The molecule has 0 saturated heterocycles. The van der Waals surface area contributed by atoms with Gasteiger partial charge in [0.1, 0.15) is 0 Å². The number of benzene rings is 1. The lowest BCUT2D eigenvalue weighted by Crippen LogP contribution is -2.18. The van der Waals surface area contributed by atoms with E-state index in [-0.39, 0.29) is 6.04 Å². The van der Waals surface area contributed by atoms with Crippen LogP contribution >= 0.6 is 11.6 Å². The SMILES string of the molecule is CC(C)n1ccc(CN[C@@H](C)c2cccc(Cl)c2)n1. The maximum atomic E-state index is 6.00. The standard InChI is InChI=1S/C15H20ClN3/c1-11(2)19-8-7-15(18-19)10-17-12(3)13-5-4-6-14(16)9-13/h4-9,11-12,17H,10H2,1-3H3/t12-/m0/s1. The summed E-state index contributed by atoms with van der Waals surface area (Å²) in [7, 11) is 0. The molecule has 1 aromatic heterocycles. The fraction of sp³-hybridized carbons (Fsp3) is 0.400. The average Bonchev–Trinajstić information content (AvgIpc) is 2.85. The van der Waals surface area contributed by atoms with Gasteiger partial charge in [-0.05, 0) is 44.5 Å². The largest absolute Gasteiger partial charge is 0.304 e. The van der Waals surface area contributed by atoms with E-state index in [1.807, 2.05) is 29.1 Å². The number of nitrogens with one attached hydrogen (secondary N) is 1. The molecule has 0 spiro atoms. The Hall–Kier alpha value is -1.32. The lowest BCUT2D eigenvalue weighted by atomic mass is 10.1. The molecule has 1 heterocycles. The molecule has 2 rings (SSSR count). The molecule has 1 N–H and O–H groups in total. The van der Waals surface area contributed by atoms with Gasteiger partial charge in [-0.1, -0.05) is 23.7 Å². The molecule has 19 heavy (non-hydrogen) atoms. The van der Waals surface area contributed by atoms with Crippen molar-refractivity contribution < 1.29 is 0 Å². The molecule has 0 unspecified atom stereocenters. The monoisotopic (exact) mass is 277 g/mol. The molecule has 0 amide bonds. The summed E-state index contributed by atoms with van der Waals surface area (Å²) < 4.78 is 1.97. The summed E-state index contributed by atoms with van der Waals surface area (Å²) in [6.45, 7) is 7.14. The molecule has 0 radical (unpaired) electrons. The summed E-state index contributed by atoms with van der Waals surface area (Å²) in [4.78, 5) is 0. The van der Waals surface area contributed by atoms with Gasteiger partial charge in [0.05, 0.1) is 5.69 Å². The van der Waals surface area contributed by atoms with E-state index in [2.05, 4.69) is 43.3 Å². The Morgan fingerprint density at radius 2 is 2.05 bits per heavy atom. The van der Waals surface area contributed by atoms with E-state index in [0.29, 0.717) is 6.04 Å². The molecule has 0 aliphatic rings. The van der Waals surface area contributed by atoms with Crippen LogP contribution < -0.4 is 5.32 Å². The summed E-state index contributed by atoms with van der Waals surface area (Å²) in [5.41, 5.74) is 2.25. The predicted octanol–water partition coefficient (Wildman–Crippen LogP) is 3.97. The molecule has 0 fully saturated rings. The van der Waals surface area contributed by atoms with Crippen LogP contribution in [0.5, 0.6) is 0 Å². The average molecular weight is 278 g/mol. The minimum absolute atomic E-state index is 0.253. The Kier molecular flexibility index (Phi) is 4.61. The maximum absolute atomic E-state index is 6.00. The van der Waals surface area contributed by atoms with Crippen LogP contribution in [0.2, 0.25) is 5.02 Å². The number of hydrogen-bond donors (Lipinski definition) is 1. The van der Waals surface area contributed by atoms with Gasteiger partial charge in [-0.2, -0.15) is 5.10 Å². The molecule has 3 nitrogen and oxygen atoms in total. The van der Waals surface area contributed by atoms with Crippen molar-refractivity contribution in [2.75, 3.05) is 0 Å². The fourth-order valence-corrected chi connectivity index (χ4v) is 2.11. The second-order valence-corrected chi connectivity index (χ2v) is 5.47. The fourth-order valence-electron chi connectivity index (χ4n) is 1.91. The number of aromatic nitrogens is 2. The molecule has 1 aromatic carbocycles. The highest BCUT2D eigenvalue weighted by atomic mass is 35.5. The van der Waals surface area contributed by atoms with E-state index in [4.69, 9.17) is 11.6 Å².